The van der Waals surface area contributed by atoms with Gasteiger partial charge in [0.15, 0.2) is 0 Å². The summed E-state index contributed by atoms with van der Waals surface area (Å²) in [6.45, 7) is 8.75. The highest BCUT2D eigenvalue weighted by Gasteiger charge is 2.46. The predicted octanol–water partition coefficient (Wildman–Crippen LogP) is 2.97. The first-order chi connectivity index (χ1) is 5.36. The van der Waals surface area contributed by atoms with Crippen molar-refractivity contribution < 1.29 is 5.11 Å². The molecule has 0 aromatic carbocycles. The van der Waals surface area contributed by atoms with Crippen LogP contribution in [0.25, 0.3) is 0 Å². The Kier molecular flexibility index (Phi) is 2.53. The van der Waals surface area contributed by atoms with E-state index in [1.54, 1.807) is 0 Å². The largest absolute Gasteiger partial charge is 0.393 e. The number of rotatable bonds is 3. The second kappa shape index (κ2) is 3.02. The quantitative estimate of drug-likeness (QED) is 0.690. The van der Waals surface area contributed by atoms with E-state index in [9.17, 15) is 5.11 Å². The van der Waals surface area contributed by atoms with E-state index in [4.69, 9.17) is 0 Å². The zero-order valence-electron chi connectivity index (χ0n) is 8.85. The Bertz CT molecular complexity index is 149. The lowest BCUT2D eigenvalue weighted by molar-refractivity contribution is 0.0955. The lowest BCUT2D eigenvalue weighted by atomic mass is 9.83. The Labute approximate surface area is 76.2 Å². The molecule has 0 bridgehead atoms. The fourth-order valence-corrected chi connectivity index (χ4v) is 1.66. The summed E-state index contributed by atoms with van der Waals surface area (Å²) in [5, 5.41) is 9.54. The third-order valence-corrected chi connectivity index (χ3v) is 3.15. The zero-order valence-corrected chi connectivity index (χ0v) is 8.85. The van der Waals surface area contributed by atoms with Crippen molar-refractivity contribution in [2.24, 2.45) is 10.8 Å². The molecule has 12 heavy (non-hydrogen) atoms. The first-order valence-electron chi connectivity index (χ1n) is 5.04. The Morgan fingerprint density at radius 2 is 1.83 bits per heavy atom. The summed E-state index contributed by atoms with van der Waals surface area (Å²) in [5.41, 5.74) is 0.734. The SMILES string of the molecule is CC(O)C1(CCC(C)(C)C)CC1. The maximum absolute atomic E-state index is 9.54. The van der Waals surface area contributed by atoms with Crippen molar-refractivity contribution in [2.75, 3.05) is 0 Å². The zero-order chi connectivity index (χ0) is 9.41. The molecular weight excluding hydrogens is 148 g/mol. The van der Waals surface area contributed by atoms with E-state index in [1.165, 1.54) is 25.7 Å². The summed E-state index contributed by atoms with van der Waals surface area (Å²) >= 11 is 0. The third-order valence-electron chi connectivity index (χ3n) is 3.15. The van der Waals surface area contributed by atoms with Crippen molar-refractivity contribution >= 4 is 0 Å². The molecule has 0 aromatic rings. The van der Waals surface area contributed by atoms with Crippen molar-refractivity contribution in [3.8, 4) is 0 Å². The van der Waals surface area contributed by atoms with Gasteiger partial charge in [0.1, 0.15) is 0 Å². The molecule has 1 fully saturated rings. The van der Waals surface area contributed by atoms with Gasteiger partial charge < -0.3 is 5.11 Å². The summed E-state index contributed by atoms with van der Waals surface area (Å²) < 4.78 is 0. The van der Waals surface area contributed by atoms with Gasteiger partial charge in [0, 0.05) is 0 Å². The Balaban J connectivity index is 2.32. The van der Waals surface area contributed by atoms with Crippen LogP contribution in [-0.4, -0.2) is 11.2 Å². The van der Waals surface area contributed by atoms with Gasteiger partial charge in [0.05, 0.1) is 6.10 Å². The molecule has 1 nitrogen and oxygen atoms in total. The van der Waals surface area contributed by atoms with Crippen LogP contribution in [0.4, 0.5) is 0 Å². The first kappa shape index (κ1) is 10.0. The van der Waals surface area contributed by atoms with E-state index in [0.717, 1.165) is 0 Å². The minimum Gasteiger partial charge on any atom is -0.393 e. The maximum Gasteiger partial charge on any atom is 0.0568 e. The van der Waals surface area contributed by atoms with Gasteiger partial charge in [-0.1, -0.05) is 20.8 Å². The Hall–Kier alpha value is -0.0400. The van der Waals surface area contributed by atoms with E-state index in [-0.39, 0.29) is 6.10 Å². The van der Waals surface area contributed by atoms with Crippen LogP contribution in [0.2, 0.25) is 0 Å². The minimum atomic E-state index is -0.0974. The van der Waals surface area contributed by atoms with E-state index >= 15 is 0 Å². The normalized spacial score (nSPS) is 23.8. The van der Waals surface area contributed by atoms with Crippen LogP contribution in [0.15, 0.2) is 0 Å². The van der Waals surface area contributed by atoms with Crippen molar-refractivity contribution in [3.63, 3.8) is 0 Å². The molecule has 1 unspecified atom stereocenters. The van der Waals surface area contributed by atoms with E-state index in [2.05, 4.69) is 20.8 Å². The van der Waals surface area contributed by atoms with Gasteiger partial charge in [-0.05, 0) is 43.4 Å². The molecule has 0 amide bonds. The summed E-state index contributed by atoms with van der Waals surface area (Å²) in [5.74, 6) is 0. The molecule has 0 saturated heterocycles. The average Bonchev–Trinajstić information content (AvgIpc) is 2.61. The van der Waals surface area contributed by atoms with Crippen LogP contribution in [-0.2, 0) is 0 Å². The van der Waals surface area contributed by atoms with Crippen LogP contribution < -0.4 is 0 Å². The molecule has 72 valence electrons. The number of hydrogen-bond acceptors (Lipinski definition) is 1. The molecule has 0 aromatic heterocycles. The minimum absolute atomic E-state index is 0.0974. The fraction of sp³-hybridized carbons (Fsp3) is 1.00. The molecule has 0 spiro atoms. The van der Waals surface area contributed by atoms with Crippen molar-refractivity contribution in [1.82, 2.24) is 0 Å². The van der Waals surface area contributed by atoms with Crippen LogP contribution in [0.1, 0.15) is 53.4 Å². The summed E-state index contributed by atoms with van der Waals surface area (Å²) in [4.78, 5) is 0. The molecule has 1 rings (SSSR count). The van der Waals surface area contributed by atoms with Gasteiger partial charge in [-0.3, -0.25) is 0 Å². The molecule has 1 aliphatic rings. The first-order valence-corrected chi connectivity index (χ1v) is 5.04. The number of hydrogen-bond donors (Lipinski definition) is 1. The Morgan fingerprint density at radius 3 is 2.08 bits per heavy atom. The van der Waals surface area contributed by atoms with Gasteiger partial charge >= 0.3 is 0 Å². The smallest absolute Gasteiger partial charge is 0.0568 e. The van der Waals surface area contributed by atoms with Crippen LogP contribution in [0.5, 0.6) is 0 Å². The van der Waals surface area contributed by atoms with Crippen LogP contribution >= 0.6 is 0 Å². The fourth-order valence-electron chi connectivity index (χ4n) is 1.66. The lowest BCUT2D eigenvalue weighted by Gasteiger charge is -2.24. The van der Waals surface area contributed by atoms with Crippen LogP contribution in [0.3, 0.4) is 0 Å². The van der Waals surface area contributed by atoms with Crippen LogP contribution in [0, 0.1) is 10.8 Å². The summed E-state index contributed by atoms with van der Waals surface area (Å²) in [6, 6.07) is 0. The highest BCUT2D eigenvalue weighted by atomic mass is 16.3. The number of aliphatic hydroxyl groups excluding tert-OH is 1. The molecule has 1 aliphatic carbocycles. The molecule has 1 atom stereocenters. The van der Waals surface area contributed by atoms with E-state index in [0.29, 0.717) is 10.8 Å². The van der Waals surface area contributed by atoms with Gasteiger partial charge in [-0.15, -0.1) is 0 Å². The van der Waals surface area contributed by atoms with Gasteiger partial charge in [-0.2, -0.15) is 0 Å². The van der Waals surface area contributed by atoms with Gasteiger partial charge in [-0.25, -0.2) is 0 Å². The molecule has 1 saturated carbocycles. The summed E-state index contributed by atoms with van der Waals surface area (Å²) in [6.07, 6.45) is 4.81. The topological polar surface area (TPSA) is 20.2 Å². The highest BCUT2D eigenvalue weighted by molar-refractivity contribution is 4.97. The number of aliphatic hydroxyl groups is 1. The second-order valence-corrected chi connectivity index (χ2v) is 5.60. The maximum atomic E-state index is 9.54. The van der Waals surface area contributed by atoms with Gasteiger partial charge in [0.25, 0.3) is 0 Å². The summed E-state index contributed by atoms with van der Waals surface area (Å²) in [7, 11) is 0. The average molecular weight is 170 g/mol. The molecule has 0 radical (unpaired) electrons. The second-order valence-electron chi connectivity index (χ2n) is 5.60. The molecule has 0 aliphatic heterocycles. The van der Waals surface area contributed by atoms with Crippen molar-refractivity contribution in [1.29, 1.82) is 0 Å². The molecule has 0 heterocycles. The monoisotopic (exact) mass is 170 g/mol. The molecule has 1 N–H and O–H groups in total. The third kappa shape index (κ3) is 2.48. The lowest BCUT2D eigenvalue weighted by Crippen LogP contribution is -2.20. The standard InChI is InChI=1S/C11H22O/c1-9(12)11(7-8-11)6-5-10(2,3)4/h9,12H,5-8H2,1-4H3. The molecular formula is C11H22O. The van der Waals surface area contributed by atoms with E-state index < -0.39 is 0 Å². The highest BCUT2D eigenvalue weighted by Crippen LogP contribution is 2.53. The Morgan fingerprint density at radius 1 is 1.33 bits per heavy atom. The van der Waals surface area contributed by atoms with Crippen molar-refractivity contribution in [2.45, 2.75) is 59.5 Å². The predicted molar refractivity (Wildman–Crippen MR) is 52.0 cm³/mol. The molecule has 1 heteroatoms. The van der Waals surface area contributed by atoms with Gasteiger partial charge in [0.2, 0.25) is 0 Å². The van der Waals surface area contributed by atoms with E-state index in [1.807, 2.05) is 6.92 Å². The van der Waals surface area contributed by atoms with Crippen molar-refractivity contribution in [3.05, 3.63) is 0 Å².